The van der Waals surface area contributed by atoms with Crippen molar-refractivity contribution in [1.29, 1.82) is 5.26 Å². The predicted octanol–water partition coefficient (Wildman–Crippen LogP) is 4.29. The molecule has 7 heteroatoms. The number of nitriles is 1. The van der Waals surface area contributed by atoms with Gasteiger partial charge in [-0.15, -0.1) is 0 Å². The lowest BCUT2D eigenvalue weighted by molar-refractivity contribution is -0.137. The molecule has 1 aliphatic rings. The SMILES string of the molecule is CN(Cc1c[nH]c(C#N)c1)C[C@@H]1CCCN(CCc2cccc(C(F)(F)F)c2)C1. The van der Waals surface area contributed by atoms with E-state index in [0.29, 0.717) is 18.0 Å². The van der Waals surface area contributed by atoms with Gasteiger partial charge in [-0.1, -0.05) is 18.2 Å². The van der Waals surface area contributed by atoms with E-state index in [4.69, 9.17) is 5.26 Å². The van der Waals surface area contributed by atoms with Crippen molar-refractivity contribution in [3.05, 3.63) is 58.9 Å². The molecule has 0 saturated carbocycles. The smallest absolute Gasteiger partial charge is 0.353 e. The van der Waals surface area contributed by atoms with Gasteiger partial charge in [0.15, 0.2) is 0 Å². The Hall–Kier alpha value is -2.30. The fourth-order valence-electron chi connectivity index (χ4n) is 4.11. The maximum absolute atomic E-state index is 12.9. The molecule has 1 N–H and O–H groups in total. The molecule has 2 heterocycles. The highest BCUT2D eigenvalue weighted by molar-refractivity contribution is 5.27. The molecule has 0 aliphatic carbocycles. The first-order valence-electron chi connectivity index (χ1n) is 9.98. The van der Waals surface area contributed by atoms with Crippen LogP contribution in [0.5, 0.6) is 0 Å². The van der Waals surface area contributed by atoms with Gasteiger partial charge in [-0.25, -0.2) is 0 Å². The van der Waals surface area contributed by atoms with Gasteiger partial charge in [-0.3, -0.25) is 0 Å². The second-order valence-corrected chi connectivity index (χ2v) is 7.99. The number of nitrogens with one attached hydrogen (secondary N) is 1. The van der Waals surface area contributed by atoms with Crippen LogP contribution in [0, 0.1) is 17.2 Å². The van der Waals surface area contributed by atoms with Gasteiger partial charge in [-0.2, -0.15) is 18.4 Å². The summed E-state index contributed by atoms with van der Waals surface area (Å²) in [4.78, 5) is 7.59. The Morgan fingerprint density at radius 1 is 1.28 bits per heavy atom. The lowest BCUT2D eigenvalue weighted by Crippen LogP contribution is -2.40. The number of aromatic nitrogens is 1. The summed E-state index contributed by atoms with van der Waals surface area (Å²) in [6.45, 7) is 4.51. The van der Waals surface area contributed by atoms with E-state index in [1.165, 1.54) is 18.6 Å². The van der Waals surface area contributed by atoms with Gasteiger partial charge in [0.2, 0.25) is 0 Å². The molecule has 1 aromatic carbocycles. The zero-order chi connectivity index (χ0) is 20.9. The number of rotatable bonds is 7. The van der Waals surface area contributed by atoms with Crippen LogP contribution in [0.15, 0.2) is 36.5 Å². The number of benzene rings is 1. The maximum Gasteiger partial charge on any atom is 0.416 e. The molecule has 1 atom stereocenters. The van der Waals surface area contributed by atoms with Gasteiger partial charge in [0, 0.05) is 32.4 Å². The lowest BCUT2D eigenvalue weighted by Gasteiger charge is -2.34. The minimum absolute atomic E-state index is 0.546. The van der Waals surface area contributed by atoms with E-state index in [-0.39, 0.29) is 0 Å². The summed E-state index contributed by atoms with van der Waals surface area (Å²) in [6.07, 6.45) is 0.499. The summed E-state index contributed by atoms with van der Waals surface area (Å²) in [5, 5.41) is 8.91. The lowest BCUT2D eigenvalue weighted by atomic mass is 9.97. The topological polar surface area (TPSA) is 46.1 Å². The average Bonchev–Trinajstić information content (AvgIpc) is 3.13. The summed E-state index contributed by atoms with van der Waals surface area (Å²) < 4.78 is 38.6. The first-order chi connectivity index (χ1) is 13.8. The number of likely N-dealkylation sites (tertiary alicyclic amines) is 1. The normalized spacial score (nSPS) is 18.1. The first-order valence-corrected chi connectivity index (χ1v) is 9.98. The quantitative estimate of drug-likeness (QED) is 0.749. The highest BCUT2D eigenvalue weighted by Gasteiger charge is 2.30. The molecule has 1 aliphatic heterocycles. The molecular formula is C22H27F3N4. The van der Waals surface area contributed by atoms with Crippen LogP contribution in [0.25, 0.3) is 0 Å². The van der Waals surface area contributed by atoms with Crippen LogP contribution < -0.4 is 0 Å². The number of alkyl halides is 3. The van der Waals surface area contributed by atoms with E-state index in [1.54, 1.807) is 6.07 Å². The summed E-state index contributed by atoms with van der Waals surface area (Å²) in [7, 11) is 2.08. The van der Waals surface area contributed by atoms with Crippen molar-refractivity contribution in [2.24, 2.45) is 5.92 Å². The number of piperidine rings is 1. The van der Waals surface area contributed by atoms with Crippen molar-refractivity contribution < 1.29 is 13.2 Å². The van der Waals surface area contributed by atoms with E-state index in [1.807, 2.05) is 12.3 Å². The summed E-state index contributed by atoms with van der Waals surface area (Å²) in [5.41, 5.74) is 1.84. The van der Waals surface area contributed by atoms with Gasteiger partial charge in [-0.05, 0) is 62.0 Å². The number of hydrogen-bond acceptors (Lipinski definition) is 3. The van der Waals surface area contributed by atoms with Crippen LogP contribution in [0.2, 0.25) is 0 Å². The number of hydrogen-bond donors (Lipinski definition) is 1. The van der Waals surface area contributed by atoms with Crippen LogP contribution in [0.1, 0.15) is 35.2 Å². The van der Waals surface area contributed by atoms with E-state index in [2.05, 4.69) is 27.9 Å². The Labute approximate surface area is 169 Å². The highest BCUT2D eigenvalue weighted by Crippen LogP contribution is 2.29. The Bertz CT molecular complexity index is 837. The highest BCUT2D eigenvalue weighted by atomic mass is 19.4. The van der Waals surface area contributed by atoms with E-state index in [0.717, 1.165) is 56.3 Å². The van der Waals surface area contributed by atoms with Gasteiger partial charge in [0.05, 0.1) is 5.56 Å². The Kier molecular flexibility index (Phi) is 6.99. The van der Waals surface area contributed by atoms with Gasteiger partial charge >= 0.3 is 6.18 Å². The molecule has 0 spiro atoms. The molecule has 156 valence electrons. The van der Waals surface area contributed by atoms with E-state index < -0.39 is 11.7 Å². The third-order valence-corrected chi connectivity index (χ3v) is 5.46. The largest absolute Gasteiger partial charge is 0.416 e. The fraction of sp³-hybridized carbons (Fsp3) is 0.500. The van der Waals surface area contributed by atoms with Crippen LogP contribution >= 0.6 is 0 Å². The third kappa shape index (κ3) is 6.34. The molecule has 0 amide bonds. The molecule has 1 saturated heterocycles. The monoisotopic (exact) mass is 404 g/mol. The predicted molar refractivity (Wildman–Crippen MR) is 106 cm³/mol. The van der Waals surface area contributed by atoms with Crippen LogP contribution in [-0.4, -0.2) is 48.0 Å². The van der Waals surface area contributed by atoms with Gasteiger partial charge < -0.3 is 14.8 Å². The Morgan fingerprint density at radius 2 is 2.10 bits per heavy atom. The van der Waals surface area contributed by atoms with Crippen molar-refractivity contribution in [1.82, 2.24) is 14.8 Å². The summed E-state index contributed by atoms with van der Waals surface area (Å²) in [5.74, 6) is 0.546. The van der Waals surface area contributed by atoms with Crippen LogP contribution in [-0.2, 0) is 19.1 Å². The fourth-order valence-corrected chi connectivity index (χ4v) is 4.11. The Balaban J connectivity index is 1.47. The molecule has 2 aromatic rings. The molecule has 29 heavy (non-hydrogen) atoms. The van der Waals surface area contributed by atoms with Crippen molar-refractivity contribution in [2.75, 3.05) is 33.2 Å². The van der Waals surface area contributed by atoms with Gasteiger partial charge in [0.1, 0.15) is 11.8 Å². The molecular weight excluding hydrogens is 377 g/mol. The first kappa shape index (κ1) is 21.4. The molecule has 4 nitrogen and oxygen atoms in total. The van der Waals surface area contributed by atoms with Crippen molar-refractivity contribution >= 4 is 0 Å². The number of aromatic amines is 1. The van der Waals surface area contributed by atoms with E-state index >= 15 is 0 Å². The number of halogens is 3. The van der Waals surface area contributed by atoms with Crippen molar-refractivity contribution in [3.8, 4) is 6.07 Å². The third-order valence-electron chi connectivity index (χ3n) is 5.46. The number of H-pyrrole nitrogens is 1. The standard InChI is InChI=1S/C22H27F3N4/c1-28(15-19-11-21(12-26)27-13-19)14-18-5-3-8-29(16-18)9-7-17-4-2-6-20(10-17)22(23,24)25/h2,4,6,10-11,13,18,27H,3,5,7-9,14-16H2,1H3/t18-/m0/s1. The van der Waals surface area contributed by atoms with Gasteiger partial charge in [0.25, 0.3) is 0 Å². The molecule has 0 unspecified atom stereocenters. The summed E-state index contributed by atoms with van der Waals surface area (Å²) >= 11 is 0. The van der Waals surface area contributed by atoms with Crippen molar-refractivity contribution in [3.63, 3.8) is 0 Å². The summed E-state index contributed by atoms with van der Waals surface area (Å²) in [6, 6.07) is 9.63. The van der Waals surface area contributed by atoms with E-state index in [9.17, 15) is 13.2 Å². The molecule has 1 fully saturated rings. The minimum Gasteiger partial charge on any atom is -0.353 e. The maximum atomic E-state index is 12.9. The molecule has 1 aromatic heterocycles. The second kappa shape index (κ2) is 9.47. The van der Waals surface area contributed by atoms with Crippen LogP contribution in [0.3, 0.4) is 0 Å². The number of nitrogens with zero attached hydrogens (tertiary/aromatic N) is 3. The molecule has 0 radical (unpaired) electrons. The van der Waals surface area contributed by atoms with Crippen molar-refractivity contribution in [2.45, 2.75) is 32.0 Å². The zero-order valence-corrected chi connectivity index (χ0v) is 16.7. The average molecular weight is 404 g/mol. The van der Waals surface area contributed by atoms with Crippen LogP contribution in [0.4, 0.5) is 13.2 Å². The minimum atomic E-state index is -4.29. The molecule has 3 rings (SSSR count). The molecule has 0 bridgehead atoms. The Morgan fingerprint density at radius 3 is 2.83 bits per heavy atom. The second-order valence-electron chi connectivity index (χ2n) is 7.99. The zero-order valence-electron chi connectivity index (χ0n) is 16.7.